The lowest BCUT2D eigenvalue weighted by Gasteiger charge is -2.13. The number of nitrogens with one attached hydrogen (secondary N) is 1. The molecule has 24 heavy (non-hydrogen) atoms. The van der Waals surface area contributed by atoms with E-state index in [-0.39, 0.29) is 21.9 Å². The van der Waals surface area contributed by atoms with Crippen LogP contribution >= 0.6 is 0 Å². The molecule has 0 spiro atoms. The molecule has 0 aliphatic rings. The number of hydrogen-bond acceptors (Lipinski definition) is 7. The van der Waals surface area contributed by atoms with E-state index in [1.807, 2.05) is 0 Å². The first-order valence-electron chi connectivity index (χ1n) is 6.48. The second kappa shape index (κ2) is 6.59. The summed E-state index contributed by atoms with van der Waals surface area (Å²) in [7, 11) is -2.84. The van der Waals surface area contributed by atoms with Crippen molar-refractivity contribution in [3.8, 4) is 5.75 Å². The van der Waals surface area contributed by atoms with Gasteiger partial charge in [0.2, 0.25) is 0 Å². The van der Waals surface area contributed by atoms with E-state index in [1.54, 1.807) is 0 Å². The first-order chi connectivity index (χ1) is 11.2. The Hall–Kier alpha value is -3.07. The van der Waals surface area contributed by atoms with E-state index < -0.39 is 27.5 Å². The summed E-state index contributed by atoms with van der Waals surface area (Å²) in [6, 6.07) is 8.10. The van der Waals surface area contributed by atoms with E-state index in [0.29, 0.717) is 0 Å². The lowest BCUT2D eigenvalue weighted by Crippen LogP contribution is -2.24. The van der Waals surface area contributed by atoms with Crippen molar-refractivity contribution in [3.63, 3.8) is 0 Å². The Morgan fingerprint density at radius 3 is 2.12 bits per heavy atom. The number of benzene rings is 2. The Balaban J connectivity index is 2.35. The van der Waals surface area contributed by atoms with Gasteiger partial charge in [0.05, 0.1) is 23.9 Å². The molecule has 2 rings (SSSR count). The van der Waals surface area contributed by atoms with Crippen LogP contribution in [0.3, 0.4) is 0 Å². The maximum absolute atomic E-state index is 12.3. The van der Waals surface area contributed by atoms with Crippen LogP contribution in [0.1, 0.15) is 20.7 Å². The number of carbonyl (C=O) groups is 2. The van der Waals surface area contributed by atoms with Gasteiger partial charge >= 0.3 is 0 Å². The second-order valence-corrected chi connectivity index (χ2v) is 6.30. The number of aromatic carboxylic acids is 2. The first kappa shape index (κ1) is 17.3. The average molecular weight is 349 g/mol. The van der Waals surface area contributed by atoms with E-state index in [2.05, 4.69) is 4.72 Å². The molecule has 0 amide bonds. The number of methoxy groups -OCH3 is 1. The van der Waals surface area contributed by atoms with Crippen molar-refractivity contribution in [1.29, 1.82) is 0 Å². The van der Waals surface area contributed by atoms with Gasteiger partial charge in [-0.2, -0.15) is 0 Å². The smallest absolute Gasteiger partial charge is 0.261 e. The molecule has 8 nitrogen and oxygen atoms in total. The summed E-state index contributed by atoms with van der Waals surface area (Å²) >= 11 is 0. The Morgan fingerprint density at radius 1 is 1.00 bits per heavy atom. The van der Waals surface area contributed by atoms with Crippen molar-refractivity contribution in [2.75, 3.05) is 11.8 Å². The maximum atomic E-state index is 12.3. The molecule has 0 bridgehead atoms. The largest absolute Gasteiger partial charge is 0.545 e. The summed E-state index contributed by atoms with van der Waals surface area (Å²) in [4.78, 5) is 21.4. The molecule has 2 aromatic rings. The number of anilines is 1. The number of rotatable bonds is 6. The van der Waals surface area contributed by atoms with Crippen molar-refractivity contribution in [3.05, 3.63) is 53.6 Å². The SMILES string of the molecule is COc1ccc(S(=O)(=O)Nc2ccc(C(=O)[O-])cc2)cc1C(=O)[O-]. The van der Waals surface area contributed by atoms with Crippen molar-refractivity contribution < 1.29 is 33.0 Å². The molecule has 0 saturated heterocycles. The van der Waals surface area contributed by atoms with Crippen LogP contribution in [0.4, 0.5) is 5.69 Å². The first-order valence-corrected chi connectivity index (χ1v) is 7.96. The van der Waals surface area contributed by atoms with Crippen molar-refractivity contribution >= 4 is 27.6 Å². The number of carboxylic acid groups (broad SMARTS) is 2. The molecular formula is C15H11NO7S-2. The van der Waals surface area contributed by atoms with Crippen LogP contribution in [-0.4, -0.2) is 27.5 Å². The average Bonchev–Trinajstić information content (AvgIpc) is 2.54. The summed E-state index contributed by atoms with van der Waals surface area (Å²) < 4.78 is 31.6. The summed E-state index contributed by atoms with van der Waals surface area (Å²) in [6.07, 6.45) is 0. The molecule has 0 unspecified atom stereocenters. The van der Waals surface area contributed by atoms with Gasteiger partial charge in [0, 0.05) is 11.3 Å². The minimum Gasteiger partial charge on any atom is -0.545 e. The van der Waals surface area contributed by atoms with Gasteiger partial charge in [-0.05, 0) is 35.9 Å². The zero-order valence-corrected chi connectivity index (χ0v) is 13.1. The Labute approximate surface area is 137 Å². The van der Waals surface area contributed by atoms with E-state index in [0.717, 1.165) is 6.07 Å². The molecule has 0 aromatic heterocycles. The van der Waals surface area contributed by atoms with E-state index in [1.165, 1.54) is 43.5 Å². The molecule has 126 valence electrons. The van der Waals surface area contributed by atoms with Gasteiger partial charge in [-0.1, -0.05) is 12.1 Å². The van der Waals surface area contributed by atoms with Crippen molar-refractivity contribution in [2.45, 2.75) is 4.90 Å². The van der Waals surface area contributed by atoms with Gasteiger partial charge in [-0.3, -0.25) is 4.72 Å². The van der Waals surface area contributed by atoms with Crippen LogP contribution in [0.2, 0.25) is 0 Å². The van der Waals surface area contributed by atoms with Crippen LogP contribution in [0, 0.1) is 0 Å². The fourth-order valence-electron chi connectivity index (χ4n) is 1.90. The Bertz CT molecular complexity index is 889. The molecule has 0 radical (unpaired) electrons. The summed E-state index contributed by atoms with van der Waals surface area (Å²) in [5.41, 5.74) is -0.417. The maximum Gasteiger partial charge on any atom is 0.261 e. The van der Waals surface area contributed by atoms with Crippen LogP contribution in [0.5, 0.6) is 5.75 Å². The number of hydrogen-bond donors (Lipinski definition) is 1. The third kappa shape index (κ3) is 3.63. The van der Waals surface area contributed by atoms with Gasteiger partial charge < -0.3 is 24.5 Å². The highest BCUT2D eigenvalue weighted by atomic mass is 32.2. The monoisotopic (exact) mass is 349 g/mol. The summed E-state index contributed by atoms with van der Waals surface area (Å²) in [5, 5.41) is 21.7. The fourth-order valence-corrected chi connectivity index (χ4v) is 2.99. The van der Waals surface area contributed by atoms with Gasteiger partial charge in [0.25, 0.3) is 10.0 Å². The third-order valence-corrected chi connectivity index (χ3v) is 4.45. The van der Waals surface area contributed by atoms with Crippen LogP contribution in [0.25, 0.3) is 0 Å². The predicted molar refractivity (Wildman–Crippen MR) is 78.9 cm³/mol. The lowest BCUT2D eigenvalue weighted by atomic mass is 10.2. The van der Waals surface area contributed by atoms with E-state index >= 15 is 0 Å². The zero-order chi connectivity index (χ0) is 17.9. The van der Waals surface area contributed by atoms with Gasteiger partial charge in [0.1, 0.15) is 5.75 Å². The van der Waals surface area contributed by atoms with Gasteiger partial charge in [0.15, 0.2) is 0 Å². The number of sulfonamides is 1. The topological polar surface area (TPSA) is 136 Å². The standard InChI is InChI=1S/C15H13NO7S/c1-23-13-7-6-11(8-12(13)15(19)20)24(21,22)16-10-4-2-9(3-5-10)14(17)18/h2-8,16H,1H3,(H,17,18)(H,19,20)/p-2. The quantitative estimate of drug-likeness (QED) is 0.722. The molecule has 0 aliphatic carbocycles. The minimum atomic E-state index is -4.09. The highest BCUT2D eigenvalue weighted by Gasteiger charge is 2.17. The molecule has 2 aromatic carbocycles. The van der Waals surface area contributed by atoms with E-state index in [9.17, 15) is 28.2 Å². The van der Waals surface area contributed by atoms with Crippen LogP contribution < -0.4 is 19.7 Å². The Morgan fingerprint density at radius 2 is 1.62 bits per heavy atom. The van der Waals surface area contributed by atoms with Crippen LogP contribution in [0.15, 0.2) is 47.4 Å². The molecule has 9 heteroatoms. The lowest BCUT2D eigenvalue weighted by molar-refractivity contribution is -0.256. The Kier molecular flexibility index (Phi) is 4.74. The molecule has 0 atom stereocenters. The van der Waals surface area contributed by atoms with E-state index in [4.69, 9.17) is 4.74 Å². The molecular weight excluding hydrogens is 338 g/mol. The third-order valence-electron chi connectivity index (χ3n) is 3.07. The van der Waals surface area contributed by atoms with Gasteiger partial charge in [-0.15, -0.1) is 0 Å². The highest BCUT2D eigenvalue weighted by Crippen LogP contribution is 2.23. The molecule has 0 fully saturated rings. The number of carboxylic acids is 2. The van der Waals surface area contributed by atoms with Crippen LogP contribution in [-0.2, 0) is 10.0 Å². The zero-order valence-electron chi connectivity index (χ0n) is 12.3. The van der Waals surface area contributed by atoms with Crippen molar-refractivity contribution in [1.82, 2.24) is 0 Å². The predicted octanol–water partition coefficient (Wildman–Crippen LogP) is -0.777. The fraction of sp³-hybridized carbons (Fsp3) is 0.0667. The molecule has 0 aliphatic heterocycles. The van der Waals surface area contributed by atoms with Crippen molar-refractivity contribution in [2.24, 2.45) is 0 Å². The second-order valence-electron chi connectivity index (χ2n) is 4.62. The molecule has 1 N–H and O–H groups in total. The minimum absolute atomic E-state index is 0.0349. The summed E-state index contributed by atoms with van der Waals surface area (Å²) in [6.45, 7) is 0. The molecule has 0 saturated carbocycles. The summed E-state index contributed by atoms with van der Waals surface area (Å²) in [5.74, 6) is -3.01. The van der Waals surface area contributed by atoms with Gasteiger partial charge in [-0.25, -0.2) is 8.42 Å². The normalized spacial score (nSPS) is 10.9. The molecule has 0 heterocycles. The number of carbonyl (C=O) groups excluding carboxylic acids is 2. The highest BCUT2D eigenvalue weighted by molar-refractivity contribution is 7.92. The number of ether oxygens (including phenoxy) is 1.